The molecule has 1 fully saturated rings. The highest BCUT2D eigenvalue weighted by Gasteiger charge is 2.53. The van der Waals surface area contributed by atoms with Gasteiger partial charge in [0.2, 0.25) is 0 Å². The fraction of sp³-hybridized carbons (Fsp3) is 0.560. The third kappa shape index (κ3) is 5.96. The summed E-state index contributed by atoms with van der Waals surface area (Å²) >= 11 is 0. The van der Waals surface area contributed by atoms with Gasteiger partial charge in [-0.2, -0.15) is 0 Å². The Hall–Kier alpha value is -2.63. The maximum atomic E-state index is 13.0. The first-order valence-electron chi connectivity index (χ1n) is 10.8. The minimum absolute atomic E-state index is 0.0845. The van der Waals surface area contributed by atoms with Crippen LogP contribution in [0.15, 0.2) is 29.8 Å². The fourth-order valence-corrected chi connectivity index (χ4v) is 4.10. The maximum Gasteiger partial charge on any atom is 0.317 e. The van der Waals surface area contributed by atoms with Crippen LogP contribution in [-0.2, 0) is 14.3 Å². The molecular weight excluding hydrogens is 396 g/mol. The second-order valence-corrected chi connectivity index (χ2v) is 9.16. The van der Waals surface area contributed by atoms with E-state index in [0.29, 0.717) is 24.5 Å². The molecule has 1 heterocycles. The molecule has 6 heteroatoms. The lowest BCUT2D eigenvalue weighted by Gasteiger charge is -2.28. The average Bonchev–Trinajstić information content (AvgIpc) is 2.88. The molecule has 0 saturated carbocycles. The summed E-state index contributed by atoms with van der Waals surface area (Å²) in [5.74, 6) is -1.65. The Morgan fingerprint density at radius 2 is 2.00 bits per heavy atom. The molecule has 6 nitrogen and oxygen atoms in total. The van der Waals surface area contributed by atoms with Crippen molar-refractivity contribution in [2.45, 2.75) is 65.9 Å². The van der Waals surface area contributed by atoms with Gasteiger partial charge in [0.1, 0.15) is 23.0 Å². The van der Waals surface area contributed by atoms with Crippen LogP contribution < -0.4 is 4.74 Å². The third-order valence-electron chi connectivity index (χ3n) is 6.06. The van der Waals surface area contributed by atoms with Gasteiger partial charge >= 0.3 is 5.97 Å². The van der Waals surface area contributed by atoms with Gasteiger partial charge in [-0.15, -0.1) is 0 Å². The van der Waals surface area contributed by atoms with Gasteiger partial charge in [0.05, 0.1) is 12.7 Å². The molecule has 1 N–H and O–H groups in total. The lowest BCUT2D eigenvalue weighted by molar-refractivity contribution is -0.149. The van der Waals surface area contributed by atoms with Crippen molar-refractivity contribution >= 4 is 17.5 Å². The van der Waals surface area contributed by atoms with Crippen molar-refractivity contribution in [3.8, 4) is 11.5 Å². The number of carbonyl (C=O) groups excluding carboxylic acids is 3. The number of aromatic hydroxyl groups is 1. The molecule has 0 amide bonds. The number of ether oxygens (including phenoxy) is 2. The Bertz CT molecular complexity index is 869. The number of ketones is 2. The fourth-order valence-electron chi connectivity index (χ4n) is 4.10. The molecule has 0 radical (unpaired) electrons. The minimum Gasteiger partial charge on any atom is -0.507 e. The standard InChI is InChI=1S/C25H34O6/c1-15(2)12-18(26)13-16(3)8-7-11-25(5)17(4)22(24(29)31-25)23(28)20-10-9-19(30-6)14-21(20)27/h9-10,13-15,17,22,27H,7-8,11-12H2,1-6H3. The summed E-state index contributed by atoms with van der Waals surface area (Å²) < 4.78 is 10.7. The maximum absolute atomic E-state index is 13.0. The van der Waals surface area contributed by atoms with E-state index in [9.17, 15) is 19.5 Å². The number of cyclic esters (lactones) is 1. The molecule has 3 atom stereocenters. The normalized spacial score (nSPS) is 23.7. The van der Waals surface area contributed by atoms with Crippen LogP contribution >= 0.6 is 0 Å². The Morgan fingerprint density at radius 1 is 1.32 bits per heavy atom. The van der Waals surface area contributed by atoms with Crippen LogP contribution in [0.3, 0.4) is 0 Å². The molecule has 2 rings (SSSR count). The van der Waals surface area contributed by atoms with Crippen LogP contribution in [0.5, 0.6) is 11.5 Å². The number of phenolic OH excluding ortho intramolecular Hbond substituents is 1. The van der Waals surface area contributed by atoms with Crippen LogP contribution in [0.25, 0.3) is 0 Å². The summed E-state index contributed by atoms with van der Waals surface area (Å²) in [6, 6.07) is 4.40. The van der Waals surface area contributed by atoms with Crippen molar-refractivity contribution in [2.24, 2.45) is 17.8 Å². The monoisotopic (exact) mass is 430 g/mol. The average molecular weight is 431 g/mol. The molecule has 1 aliphatic rings. The number of benzene rings is 1. The summed E-state index contributed by atoms with van der Waals surface area (Å²) in [6.07, 6.45) is 4.28. The van der Waals surface area contributed by atoms with Crippen LogP contribution in [0.2, 0.25) is 0 Å². The van der Waals surface area contributed by atoms with Crippen molar-refractivity contribution in [2.75, 3.05) is 7.11 Å². The van der Waals surface area contributed by atoms with E-state index >= 15 is 0 Å². The first-order valence-corrected chi connectivity index (χ1v) is 10.8. The Balaban J connectivity index is 2.04. The van der Waals surface area contributed by atoms with Gasteiger partial charge in [0.15, 0.2) is 11.6 Å². The van der Waals surface area contributed by atoms with E-state index < -0.39 is 23.3 Å². The van der Waals surface area contributed by atoms with E-state index in [0.717, 1.165) is 18.4 Å². The molecule has 31 heavy (non-hydrogen) atoms. The van der Waals surface area contributed by atoms with Gasteiger partial charge in [0, 0.05) is 18.4 Å². The van der Waals surface area contributed by atoms with E-state index in [1.54, 1.807) is 12.1 Å². The molecule has 0 aliphatic carbocycles. The van der Waals surface area contributed by atoms with Crippen molar-refractivity contribution in [3.05, 3.63) is 35.4 Å². The quantitative estimate of drug-likeness (QED) is 0.246. The minimum atomic E-state index is -0.964. The highest BCUT2D eigenvalue weighted by molar-refractivity contribution is 6.11. The van der Waals surface area contributed by atoms with E-state index in [1.807, 2.05) is 34.6 Å². The molecule has 3 unspecified atom stereocenters. The number of phenols is 1. The largest absolute Gasteiger partial charge is 0.507 e. The summed E-state index contributed by atoms with van der Waals surface area (Å²) in [4.78, 5) is 37.6. The number of carbonyl (C=O) groups is 3. The van der Waals surface area contributed by atoms with Gasteiger partial charge in [0.25, 0.3) is 0 Å². The van der Waals surface area contributed by atoms with Crippen LogP contribution in [0, 0.1) is 17.8 Å². The highest BCUT2D eigenvalue weighted by Crippen LogP contribution is 2.43. The number of allylic oxidation sites excluding steroid dienone is 2. The van der Waals surface area contributed by atoms with E-state index in [1.165, 1.54) is 19.2 Å². The van der Waals surface area contributed by atoms with Gasteiger partial charge < -0.3 is 14.6 Å². The molecule has 1 saturated heterocycles. The molecule has 1 aromatic carbocycles. The SMILES string of the molecule is COc1ccc(C(=O)C2C(=O)OC(C)(CCCC(C)=CC(=O)CC(C)C)C2C)c(O)c1. The van der Waals surface area contributed by atoms with Gasteiger partial charge in [-0.05, 0) is 57.2 Å². The second-order valence-electron chi connectivity index (χ2n) is 9.16. The molecule has 0 aromatic heterocycles. The van der Waals surface area contributed by atoms with Crippen LogP contribution in [-0.4, -0.2) is 35.4 Å². The van der Waals surface area contributed by atoms with Gasteiger partial charge in [-0.1, -0.05) is 26.3 Å². The molecule has 1 aromatic rings. The Labute approximate surface area is 184 Å². The van der Waals surface area contributed by atoms with Gasteiger partial charge in [-0.25, -0.2) is 0 Å². The zero-order chi connectivity index (χ0) is 23.3. The summed E-state index contributed by atoms with van der Waals surface area (Å²) in [5, 5.41) is 10.2. The zero-order valence-electron chi connectivity index (χ0n) is 19.4. The predicted molar refractivity (Wildman–Crippen MR) is 118 cm³/mol. The number of esters is 1. The lowest BCUT2D eigenvalue weighted by atomic mass is 9.77. The first-order chi connectivity index (χ1) is 14.5. The smallest absolute Gasteiger partial charge is 0.317 e. The molecule has 170 valence electrons. The van der Waals surface area contributed by atoms with Crippen LogP contribution in [0.1, 0.15) is 70.7 Å². The second kappa shape index (κ2) is 10.1. The predicted octanol–water partition coefficient (Wildman–Crippen LogP) is 4.88. The van der Waals surface area contributed by atoms with E-state index in [-0.39, 0.29) is 23.0 Å². The zero-order valence-corrected chi connectivity index (χ0v) is 19.4. The van der Waals surface area contributed by atoms with Crippen LogP contribution in [0.4, 0.5) is 0 Å². The summed E-state index contributed by atoms with van der Waals surface area (Å²) in [7, 11) is 1.47. The number of hydrogen-bond donors (Lipinski definition) is 1. The van der Waals surface area contributed by atoms with Crippen molar-refractivity contribution in [1.82, 2.24) is 0 Å². The van der Waals surface area contributed by atoms with Crippen molar-refractivity contribution < 1.29 is 29.0 Å². The summed E-state index contributed by atoms with van der Waals surface area (Å²) in [6.45, 7) is 9.65. The molecular formula is C25H34O6. The van der Waals surface area contributed by atoms with Crippen molar-refractivity contribution in [3.63, 3.8) is 0 Å². The number of hydrogen-bond acceptors (Lipinski definition) is 6. The molecule has 0 bridgehead atoms. The first kappa shape index (κ1) is 24.6. The number of Topliss-reactive ketones (excluding diaryl/α,β-unsaturated/α-hetero) is 1. The topological polar surface area (TPSA) is 89.9 Å². The van der Waals surface area contributed by atoms with E-state index in [2.05, 4.69) is 0 Å². The molecule has 0 spiro atoms. The summed E-state index contributed by atoms with van der Waals surface area (Å²) in [5.41, 5.74) is 0.310. The Morgan fingerprint density at radius 3 is 2.58 bits per heavy atom. The van der Waals surface area contributed by atoms with E-state index in [4.69, 9.17) is 9.47 Å². The van der Waals surface area contributed by atoms with Crippen molar-refractivity contribution in [1.29, 1.82) is 0 Å². The number of rotatable bonds is 10. The third-order valence-corrected chi connectivity index (χ3v) is 6.06. The highest BCUT2D eigenvalue weighted by atomic mass is 16.6. The Kier molecular flexibility index (Phi) is 8.04. The van der Waals surface area contributed by atoms with Gasteiger partial charge in [-0.3, -0.25) is 14.4 Å². The lowest BCUT2D eigenvalue weighted by Crippen LogP contribution is -2.33. The number of methoxy groups -OCH3 is 1. The molecule has 1 aliphatic heterocycles.